The van der Waals surface area contributed by atoms with Crippen molar-refractivity contribution in [1.82, 2.24) is 9.88 Å². The zero-order valence-electron chi connectivity index (χ0n) is 16.1. The van der Waals surface area contributed by atoms with Gasteiger partial charge >= 0.3 is 0 Å². The van der Waals surface area contributed by atoms with Crippen LogP contribution in [0.5, 0.6) is 5.75 Å². The second-order valence-electron chi connectivity index (χ2n) is 7.08. The summed E-state index contributed by atoms with van der Waals surface area (Å²) in [7, 11) is -2.29. The fraction of sp³-hybridized carbons (Fsp3) is 0.200. The Morgan fingerprint density at radius 3 is 2.73 bits per heavy atom. The van der Waals surface area contributed by atoms with Gasteiger partial charge in [-0.05, 0) is 24.3 Å². The lowest BCUT2D eigenvalue weighted by molar-refractivity contribution is 0.0763. The molecule has 0 spiro atoms. The Balaban J connectivity index is 1.89. The monoisotopic (exact) mass is 449 g/mol. The number of benzene rings is 2. The highest BCUT2D eigenvalue weighted by atomic mass is 35.5. The van der Waals surface area contributed by atoms with E-state index in [1.165, 1.54) is 30.3 Å². The lowest BCUT2D eigenvalue weighted by Crippen LogP contribution is -2.26. The average molecular weight is 450 g/mol. The highest BCUT2D eigenvalue weighted by Crippen LogP contribution is 2.44. The summed E-state index contributed by atoms with van der Waals surface area (Å²) >= 11 is 5.79. The first-order valence-corrected chi connectivity index (χ1v) is 11.1. The minimum Gasteiger partial charge on any atom is -0.505 e. The molecule has 0 unspecified atom stereocenters. The molecule has 2 heterocycles. The van der Waals surface area contributed by atoms with Crippen LogP contribution in [0.25, 0.3) is 10.9 Å². The molecule has 1 amide bonds. The van der Waals surface area contributed by atoms with Crippen LogP contribution in [0, 0.1) is 5.82 Å². The topological polar surface area (TPSA) is 90.8 Å². The van der Waals surface area contributed by atoms with E-state index in [9.17, 15) is 22.7 Å². The molecule has 0 saturated heterocycles. The van der Waals surface area contributed by atoms with Gasteiger partial charge in [0.05, 0.1) is 17.5 Å². The molecule has 0 bridgehead atoms. The Bertz CT molecular complexity index is 1310. The van der Waals surface area contributed by atoms with E-state index in [1.54, 1.807) is 12.1 Å². The Labute approximate surface area is 177 Å². The maximum atomic E-state index is 14.3. The molecular weight excluding hydrogens is 433 g/mol. The SMILES string of the molecule is CN(c1c2c(c(O)c3ncccc13)C(=O)N(Cc1ccc(Cl)cc1F)C2)S(C)(=O)=O. The molecule has 0 radical (unpaired) electrons. The molecule has 1 aliphatic heterocycles. The van der Waals surface area contributed by atoms with Crippen molar-refractivity contribution in [3.05, 3.63) is 64.1 Å². The number of pyridine rings is 1. The van der Waals surface area contributed by atoms with Gasteiger partial charge in [-0.15, -0.1) is 0 Å². The molecule has 1 aromatic heterocycles. The van der Waals surface area contributed by atoms with Crippen LogP contribution in [0.3, 0.4) is 0 Å². The maximum absolute atomic E-state index is 14.3. The number of nitrogens with zero attached hydrogens (tertiary/aromatic N) is 3. The molecule has 0 aliphatic carbocycles. The number of fused-ring (bicyclic) bond motifs is 2. The van der Waals surface area contributed by atoms with Gasteiger partial charge in [-0.3, -0.25) is 14.1 Å². The number of phenols is 1. The summed E-state index contributed by atoms with van der Waals surface area (Å²) < 4.78 is 39.9. The fourth-order valence-corrected chi connectivity index (χ4v) is 4.34. The van der Waals surface area contributed by atoms with Crippen molar-refractivity contribution >= 4 is 44.1 Å². The molecule has 7 nitrogen and oxygen atoms in total. The van der Waals surface area contributed by atoms with Crippen molar-refractivity contribution in [2.75, 3.05) is 17.6 Å². The third-order valence-corrected chi connectivity index (χ3v) is 6.56. The number of hydrogen-bond acceptors (Lipinski definition) is 5. The van der Waals surface area contributed by atoms with E-state index in [4.69, 9.17) is 11.6 Å². The van der Waals surface area contributed by atoms with Crippen LogP contribution >= 0.6 is 11.6 Å². The standard InChI is InChI=1S/C20H17ClFN3O4S/c1-24(30(2,28)29)18-13-4-3-7-23-17(13)19(26)16-14(18)10-25(20(16)27)9-11-5-6-12(21)8-15(11)22/h3-8,26H,9-10H2,1-2H3. The summed E-state index contributed by atoms with van der Waals surface area (Å²) in [5.41, 5.74) is 0.956. The zero-order chi connectivity index (χ0) is 21.8. The van der Waals surface area contributed by atoms with Crippen molar-refractivity contribution in [2.45, 2.75) is 13.1 Å². The van der Waals surface area contributed by atoms with Gasteiger partial charge in [-0.25, -0.2) is 12.8 Å². The van der Waals surface area contributed by atoms with Gasteiger partial charge in [0.2, 0.25) is 10.0 Å². The van der Waals surface area contributed by atoms with E-state index in [-0.39, 0.29) is 46.2 Å². The Kier molecular flexibility index (Phi) is 4.82. The molecule has 1 aliphatic rings. The van der Waals surface area contributed by atoms with Gasteiger partial charge < -0.3 is 10.0 Å². The summed E-state index contributed by atoms with van der Waals surface area (Å²) in [5.74, 6) is -1.42. The summed E-state index contributed by atoms with van der Waals surface area (Å²) in [4.78, 5) is 18.6. The fourth-order valence-electron chi connectivity index (χ4n) is 3.64. The van der Waals surface area contributed by atoms with Gasteiger partial charge in [0.1, 0.15) is 11.3 Å². The largest absolute Gasteiger partial charge is 0.505 e. The van der Waals surface area contributed by atoms with Crippen LogP contribution in [0.4, 0.5) is 10.1 Å². The number of aromatic nitrogens is 1. The number of anilines is 1. The first-order chi connectivity index (χ1) is 14.1. The lowest BCUT2D eigenvalue weighted by atomic mass is 10.0. The van der Waals surface area contributed by atoms with E-state index in [1.807, 2.05) is 0 Å². The summed E-state index contributed by atoms with van der Waals surface area (Å²) in [6.45, 7) is -0.0639. The van der Waals surface area contributed by atoms with E-state index in [2.05, 4.69) is 4.98 Å². The van der Waals surface area contributed by atoms with E-state index in [0.717, 1.165) is 16.6 Å². The number of rotatable bonds is 4. The minimum atomic E-state index is -3.67. The van der Waals surface area contributed by atoms with Crippen molar-refractivity contribution in [1.29, 1.82) is 0 Å². The quantitative estimate of drug-likeness (QED) is 0.660. The van der Waals surface area contributed by atoms with E-state index < -0.39 is 21.7 Å². The number of halogens is 2. The molecule has 30 heavy (non-hydrogen) atoms. The Hall–Kier alpha value is -2.91. The highest BCUT2D eigenvalue weighted by Gasteiger charge is 2.37. The number of amides is 1. The smallest absolute Gasteiger partial charge is 0.258 e. The highest BCUT2D eigenvalue weighted by molar-refractivity contribution is 7.92. The molecule has 0 atom stereocenters. The second-order valence-corrected chi connectivity index (χ2v) is 9.53. The number of sulfonamides is 1. The normalized spacial score (nSPS) is 13.7. The van der Waals surface area contributed by atoms with E-state index >= 15 is 0 Å². The minimum absolute atomic E-state index is 0.00379. The van der Waals surface area contributed by atoms with Crippen molar-refractivity contribution in [3.63, 3.8) is 0 Å². The number of carbonyl (C=O) groups is 1. The molecular formula is C20H17ClFN3O4S. The summed E-state index contributed by atoms with van der Waals surface area (Å²) in [5, 5.41) is 11.4. The number of aromatic hydroxyl groups is 1. The van der Waals surface area contributed by atoms with Crippen LogP contribution < -0.4 is 4.31 Å². The van der Waals surface area contributed by atoms with Gasteiger partial charge in [0, 0.05) is 47.9 Å². The third kappa shape index (κ3) is 3.23. The molecule has 2 aromatic carbocycles. The van der Waals surface area contributed by atoms with Crippen LogP contribution in [0.2, 0.25) is 5.02 Å². The molecule has 3 aromatic rings. The predicted octanol–water partition coefficient (Wildman–Crippen LogP) is 3.28. The average Bonchev–Trinajstić information content (AvgIpc) is 3.00. The maximum Gasteiger partial charge on any atom is 0.258 e. The van der Waals surface area contributed by atoms with Crippen LogP contribution in [0.1, 0.15) is 21.5 Å². The number of carbonyl (C=O) groups excluding carboxylic acids is 1. The van der Waals surface area contributed by atoms with Gasteiger partial charge in [-0.1, -0.05) is 17.7 Å². The molecule has 10 heteroatoms. The molecule has 1 N–H and O–H groups in total. The Morgan fingerprint density at radius 2 is 2.07 bits per heavy atom. The first-order valence-electron chi connectivity index (χ1n) is 8.89. The Morgan fingerprint density at radius 1 is 1.33 bits per heavy atom. The van der Waals surface area contributed by atoms with Gasteiger partial charge in [0.15, 0.2) is 5.75 Å². The van der Waals surface area contributed by atoms with Gasteiger partial charge in [-0.2, -0.15) is 0 Å². The third-order valence-electron chi connectivity index (χ3n) is 5.15. The second kappa shape index (κ2) is 7.10. The predicted molar refractivity (Wildman–Crippen MR) is 112 cm³/mol. The molecule has 156 valence electrons. The van der Waals surface area contributed by atoms with Crippen molar-refractivity contribution in [2.24, 2.45) is 0 Å². The first kappa shape index (κ1) is 20.4. The number of hydrogen-bond donors (Lipinski definition) is 1. The van der Waals surface area contributed by atoms with Crippen molar-refractivity contribution in [3.8, 4) is 5.75 Å². The van der Waals surface area contributed by atoms with Crippen LogP contribution in [-0.4, -0.2) is 42.6 Å². The van der Waals surface area contributed by atoms with Crippen LogP contribution in [-0.2, 0) is 23.1 Å². The lowest BCUT2D eigenvalue weighted by Gasteiger charge is -2.22. The molecule has 0 saturated carbocycles. The van der Waals surface area contributed by atoms with Gasteiger partial charge in [0.25, 0.3) is 5.91 Å². The summed E-state index contributed by atoms with van der Waals surface area (Å²) in [6.07, 6.45) is 2.49. The number of phenolic OH excluding ortho intramolecular Hbond substituents is 1. The molecule has 0 fully saturated rings. The summed E-state index contributed by atoms with van der Waals surface area (Å²) in [6, 6.07) is 7.40. The molecule has 4 rings (SSSR count). The van der Waals surface area contributed by atoms with E-state index in [0.29, 0.717) is 10.9 Å². The van der Waals surface area contributed by atoms with Crippen molar-refractivity contribution < 1.29 is 22.7 Å². The zero-order valence-corrected chi connectivity index (χ0v) is 17.6. The van der Waals surface area contributed by atoms with Crippen LogP contribution in [0.15, 0.2) is 36.5 Å².